The summed E-state index contributed by atoms with van der Waals surface area (Å²) in [5, 5.41) is 0. The molecule has 2 aromatic rings. The van der Waals surface area contributed by atoms with E-state index in [1.807, 2.05) is 0 Å². The predicted molar refractivity (Wildman–Crippen MR) is 95.8 cm³/mol. The van der Waals surface area contributed by atoms with Gasteiger partial charge in [0.05, 0.1) is 18.1 Å². The largest absolute Gasteiger partial charge is 0.379 e. The molecule has 5 nitrogen and oxygen atoms in total. The lowest BCUT2D eigenvalue weighted by molar-refractivity contribution is 0.0730. The van der Waals surface area contributed by atoms with Crippen LogP contribution in [0, 0.1) is 5.82 Å². The molecule has 3 rings (SSSR count). The highest BCUT2D eigenvalue weighted by molar-refractivity contribution is 7.89. The van der Waals surface area contributed by atoms with Crippen molar-refractivity contribution in [3.05, 3.63) is 71.6 Å². The van der Waals surface area contributed by atoms with Crippen LogP contribution in [0.5, 0.6) is 0 Å². The Balaban J connectivity index is 1.72. The Morgan fingerprint density at radius 1 is 1.00 bits per heavy atom. The summed E-state index contributed by atoms with van der Waals surface area (Å²) in [6.45, 7) is 1.40. The fraction of sp³-hybridized carbons (Fsp3) is 0.211. The van der Waals surface area contributed by atoms with Gasteiger partial charge < -0.3 is 4.74 Å². The minimum Gasteiger partial charge on any atom is -0.379 e. The number of rotatable bonds is 5. The van der Waals surface area contributed by atoms with Gasteiger partial charge in [0.2, 0.25) is 10.0 Å². The van der Waals surface area contributed by atoms with Gasteiger partial charge in [-0.3, -0.25) is 4.79 Å². The van der Waals surface area contributed by atoms with Gasteiger partial charge in [-0.05, 0) is 48.0 Å². The van der Waals surface area contributed by atoms with Crippen molar-refractivity contribution in [3.8, 4) is 0 Å². The number of nitrogens with zero attached hydrogens (tertiary/aromatic N) is 1. The van der Waals surface area contributed by atoms with Crippen molar-refractivity contribution in [1.29, 1.82) is 0 Å². The third-order valence-corrected chi connectivity index (χ3v) is 5.96. The molecule has 7 heteroatoms. The number of ketones is 1. The Bertz CT molecular complexity index is 900. The molecule has 0 aromatic heterocycles. The van der Waals surface area contributed by atoms with Crippen molar-refractivity contribution in [2.45, 2.75) is 4.90 Å². The van der Waals surface area contributed by atoms with Gasteiger partial charge in [-0.15, -0.1) is 0 Å². The van der Waals surface area contributed by atoms with E-state index in [1.54, 1.807) is 18.2 Å². The van der Waals surface area contributed by atoms with E-state index in [0.29, 0.717) is 37.4 Å². The molecule has 0 atom stereocenters. The molecule has 1 aliphatic rings. The third kappa shape index (κ3) is 4.24. The highest BCUT2D eigenvalue weighted by Crippen LogP contribution is 2.18. The second kappa shape index (κ2) is 7.90. The molecule has 0 radical (unpaired) electrons. The van der Waals surface area contributed by atoms with Gasteiger partial charge in [0.15, 0.2) is 5.78 Å². The van der Waals surface area contributed by atoms with Crippen molar-refractivity contribution in [2.75, 3.05) is 26.3 Å². The highest BCUT2D eigenvalue weighted by Gasteiger charge is 2.26. The van der Waals surface area contributed by atoms with Crippen LogP contribution in [0.3, 0.4) is 0 Å². The first-order valence-electron chi connectivity index (χ1n) is 8.13. The summed E-state index contributed by atoms with van der Waals surface area (Å²) in [5.74, 6) is -0.602. The Morgan fingerprint density at radius 3 is 2.23 bits per heavy atom. The number of carbonyl (C=O) groups excluding carboxylic acids is 1. The number of carbonyl (C=O) groups is 1. The molecule has 0 unspecified atom stereocenters. The average molecular weight is 375 g/mol. The summed E-state index contributed by atoms with van der Waals surface area (Å²) in [6.07, 6.45) is 2.96. The van der Waals surface area contributed by atoms with E-state index in [4.69, 9.17) is 4.74 Å². The number of ether oxygens (including phenoxy) is 1. The second-order valence-corrected chi connectivity index (χ2v) is 7.73. The van der Waals surface area contributed by atoms with Crippen LogP contribution in [0.15, 0.2) is 59.5 Å². The van der Waals surface area contributed by atoms with E-state index >= 15 is 0 Å². The van der Waals surface area contributed by atoms with Crippen LogP contribution in [0.1, 0.15) is 15.9 Å². The van der Waals surface area contributed by atoms with Crippen molar-refractivity contribution >= 4 is 21.9 Å². The zero-order valence-corrected chi connectivity index (χ0v) is 14.8. The Kier molecular flexibility index (Phi) is 5.61. The van der Waals surface area contributed by atoms with E-state index in [-0.39, 0.29) is 16.5 Å². The van der Waals surface area contributed by atoms with Crippen LogP contribution < -0.4 is 0 Å². The minimum absolute atomic E-state index is 0.151. The summed E-state index contributed by atoms with van der Waals surface area (Å²) in [6, 6.07) is 11.6. The zero-order chi connectivity index (χ0) is 18.6. The molecule has 1 saturated heterocycles. The van der Waals surface area contributed by atoms with E-state index in [1.165, 1.54) is 46.8 Å². The predicted octanol–water partition coefficient (Wildman–Crippen LogP) is 2.74. The topological polar surface area (TPSA) is 63.7 Å². The lowest BCUT2D eigenvalue weighted by Gasteiger charge is -2.26. The quantitative estimate of drug-likeness (QED) is 0.595. The third-order valence-electron chi connectivity index (χ3n) is 4.04. The molecule has 1 fully saturated rings. The number of hydrogen-bond acceptors (Lipinski definition) is 4. The monoisotopic (exact) mass is 375 g/mol. The molecule has 0 N–H and O–H groups in total. The van der Waals surface area contributed by atoms with E-state index < -0.39 is 10.0 Å². The van der Waals surface area contributed by atoms with Gasteiger partial charge in [0.25, 0.3) is 0 Å². The number of halogens is 1. The molecule has 0 saturated carbocycles. The number of sulfonamides is 1. The average Bonchev–Trinajstić information content (AvgIpc) is 2.68. The first kappa shape index (κ1) is 18.4. The molecule has 0 spiro atoms. The van der Waals surface area contributed by atoms with Crippen molar-refractivity contribution < 1.29 is 22.3 Å². The van der Waals surface area contributed by atoms with Gasteiger partial charge in [0, 0.05) is 18.7 Å². The molecule has 0 amide bonds. The van der Waals surface area contributed by atoms with E-state index in [0.717, 1.165) is 0 Å². The zero-order valence-electron chi connectivity index (χ0n) is 14.0. The molecule has 136 valence electrons. The Labute approximate surface area is 151 Å². The highest BCUT2D eigenvalue weighted by atomic mass is 32.2. The van der Waals surface area contributed by atoms with Crippen LogP contribution in [0.25, 0.3) is 6.08 Å². The fourth-order valence-corrected chi connectivity index (χ4v) is 3.98. The first-order chi connectivity index (χ1) is 12.5. The maximum atomic E-state index is 12.9. The smallest absolute Gasteiger partial charge is 0.243 e. The maximum absolute atomic E-state index is 12.9. The van der Waals surface area contributed by atoms with Crippen LogP contribution >= 0.6 is 0 Å². The summed E-state index contributed by atoms with van der Waals surface area (Å²) in [5.41, 5.74) is 1.08. The number of allylic oxidation sites excluding steroid dienone is 1. The molecular formula is C19H18FNO4S. The molecule has 1 heterocycles. The molecular weight excluding hydrogens is 357 g/mol. The lowest BCUT2D eigenvalue weighted by atomic mass is 10.1. The maximum Gasteiger partial charge on any atom is 0.243 e. The van der Waals surface area contributed by atoms with Crippen LogP contribution in [0.2, 0.25) is 0 Å². The number of benzene rings is 2. The summed E-state index contributed by atoms with van der Waals surface area (Å²) in [4.78, 5) is 12.4. The first-order valence-corrected chi connectivity index (χ1v) is 9.57. The number of hydrogen-bond donors (Lipinski definition) is 0. The summed E-state index contributed by atoms with van der Waals surface area (Å²) >= 11 is 0. The van der Waals surface area contributed by atoms with Gasteiger partial charge in [0.1, 0.15) is 5.82 Å². The van der Waals surface area contributed by atoms with E-state index in [9.17, 15) is 17.6 Å². The minimum atomic E-state index is -3.58. The molecule has 0 aliphatic carbocycles. The second-order valence-electron chi connectivity index (χ2n) is 5.79. The molecule has 0 bridgehead atoms. The van der Waals surface area contributed by atoms with Crippen molar-refractivity contribution in [2.24, 2.45) is 0 Å². The van der Waals surface area contributed by atoms with Gasteiger partial charge in [-0.1, -0.05) is 18.2 Å². The van der Waals surface area contributed by atoms with Gasteiger partial charge >= 0.3 is 0 Å². The summed E-state index contributed by atoms with van der Waals surface area (Å²) < 4.78 is 44.5. The van der Waals surface area contributed by atoms with Gasteiger partial charge in [-0.2, -0.15) is 4.31 Å². The SMILES string of the molecule is O=C(/C=C/c1ccc(F)cc1)c1ccc(S(=O)(=O)N2CCOCC2)cc1. The Hall–Kier alpha value is -2.35. The van der Waals surface area contributed by atoms with E-state index in [2.05, 4.69) is 0 Å². The Morgan fingerprint density at radius 2 is 1.62 bits per heavy atom. The van der Waals surface area contributed by atoms with Gasteiger partial charge in [-0.25, -0.2) is 12.8 Å². The fourth-order valence-electron chi connectivity index (χ4n) is 2.57. The molecule has 2 aromatic carbocycles. The summed E-state index contributed by atoms with van der Waals surface area (Å²) in [7, 11) is -3.58. The van der Waals surface area contributed by atoms with Crippen molar-refractivity contribution in [3.63, 3.8) is 0 Å². The van der Waals surface area contributed by atoms with Crippen LogP contribution in [-0.2, 0) is 14.8 Å². The van der Waals surface area contributed by atoms with Crippen LogP contribution in [0.4, 0.5) is 4.39 Å². The number of morpholine rings is 1. The lowest BCUT2D eigenvalue weighted by Crippen LogP contribution is -2.40. The molecule has 1 aliphatic heterocycles. The normalized spacial score (nSPS) is 16.0. The van der Waals surface area contributed by atoms with Crippen LogP contribution in [-0.4, -0.2) is 44.8 Å². The van der Waals surface area contributed by atoms with Crippen molar-refractivity contribution in [1.82, 2.24) is 4.31 Å². The molecule has 26 heavy (non-hydrogen) atoms. The standard InChI is InChI=1S/C19H18FNO4S/c20-17-6-1-15(2-7-17)3-10-19(22)16-4-8-18(9-5-16)26(23,24)21-11-13-25-14-12-21/h1-10H,11-14H2/b10-3+.